The van der Waals surface area contributed by atoms with E-state index in [1.54, 1.807) is 12.1 Å². The maximum atomic E-state index is 12.1. The molecule has 0 bridgehead atoms. The van der Waals surface area contributed by atoms with Gasteiger partial charge in [0.15, 0.2) is 0 Å². The van der Waals surface area contributed by atoms with E-state index in [9.17, 15) is 14.7 Å². The minimum absolute atomic E-state index is 0.200. The first-order valence-electron chi connectivity index (χ1n) is 5.65. The van der Waals surface area contributed by atoms with Gasteiger partial charge in [-0.2, -0.15) is 0 Å². The van der Waals surface area contributed by atoms with Crippen molar-refractivity contribution in [1.82, 2.24) is 4.90 Å². The number of rotatable bonds is 5. The predicted molar refractivity (Wildman–Crippen MR) is 62.9 cm³/mol. The van der Waals surface area contributed by atoms with Crippen molar-refractivity contribution in [2.75, 3.05) is 13.7 Å². The zero-order chi connectivity index (χ0) is 14.4. The van der Waals surface area contributed by atoms with Crippen LogP contribution in [-0.4, -0.2) is 46.9 Å². The molecule has 7 heteroatoms. The Labute approximate surface area is 126 Å². The van der Waals surface area contributed by atoms with Gasteiger partial charge in [0, 0.05) is 0 Å². The van der Waals surface area contributed by atoms with Gasteiger partial charge in [0.25, 0.3) is 0 Å². The van der Waals surface area contributed by atoms with Crippen LogP contribution < -0.4 is 4.74 Å². The molecule has 99 valence electrons. The number of nitrogens with zero attached hydrogens (tertiary/aromatic N) is 1. The average Bonchev–Trinajstić information content (AvgIpc) is 2.43. The molecule has 1 rings (SSSR count). The summed E-state index contributed by atoms with van der Waals surface area (Å²) in [5.74, 6) is -0.185. The van der Waals surface area contributed by atoms with Crippen molar-refractivity contribution >= 4 is 12.0 Å². The first-order chi connectivity index (χ1) is 8.99. The number of hydrogen-bond acceptors (Lipinski definition) is 4. The summed E-state index contributed by atoms with van der Waals surface area (Å²) in [6.45, 7) is -0.200. The first kappa shape index (κ1) is 15.9. The molecule has 0 saturated carbocycles. The summed E-state index contributed by atoms with van der Waals surface area (Å²) < 4.78 is 5.55. The van der Waals surface area contributed by atoms with Crippen LogP contribution in [0.2, 0.25) is 3.93 Å². The van der Waals surface area contributed by atoms with E-state index in [1.807, 2.05) is 0 Å². The number of ether oxygens (including phenoxy) is 1. The monoisotopic (exact) mass is 454 g/mol. The molecule has 1 unspecified atom stereocenters. The summed E-state index contributed by atoms with van der Waals surface area (Å²) in [5, 5.41) is 18.6. The van der Waals surface area contributed by atoms with Crippen LogP contribution in [0.5, 0.6) is 5.75 Å². The van der Waals surface area contributed by atoms with E-state index < -0.39 is 18.1 Å². The van der Waals surface area contributed by atoms with E-state index in [1.165, 1.54) is 19.2 Å². The Morgan fingerprint density at radius 1 is 1.47 bits per heavy atom. The number of imide groups is 1. The Kier molecular flexibility index (Phi) is 6.24. The quantitative estimate of drug-likeness (QED) is 0.654. The minimum atomic E-state index is -1.37. The normalized spacial score (nSPS) is 11.8. The van der Waals surface area contributed by atoms with E-state index in [0.717, 1.165) is 0 Å². The summed E-state index contributed by atoms with van der Waals surface area (Å²) in [6, 6.07) is 6.25. The zero-order valence-electron chi connectivity index (χ0n) is 10.6. The predicted octanol–water partition coefficient (Wildman–Crippen LogP) is 1.14. The number of methoxy groups -OCH3 is 1. The molecular weight excluding hydrogens is 439 g/mol. The number of aliphatic hydroxyl groups is 1. The van der Waals surface area contributed by atoms with Gasteiger partial charge in [0.05, 0.1) is 0 Å². The van der Waals surface area contributed by atoms with Gasteiger partial charge in [-0.1, -0.05) is 0 Å². The van der Waals surface area contributed by atoms with Crippen LogP contribution in [0.4, 0.5) is 4.79 Å². The zero-order valence-corrected chi connectivity index (χ0v) is 16.1. The molecule has 0 saturated heterocycles. The Morgan fingerprint density at radius 2 is 2.16 bits per heavy atom. The van der Waals surface area contributed by atoms with Gasteiger partial charge in [-0.25, -0.2) is 0 Å². The van der Waals surface area contributed by atoms with E-state index in [4.69, 9.17) is 9.84 Å². The Bertz CT molecular complexity index is 465. The molecule has 0 radical (unpaired) electrons. The number of benzene rings is 1. The number of carbonyl (C=O) groups excluding carboxylic acids is 1. The van der Waals surface area contributed by atoms with Crippen molar-refractivity contribution in [2.24, 2.45) is 0 Å². The fraction of sp³-hybridized carbons (Fsp3) is 0.333. The van der Waals surface area contributed by atoms with Gasteiger partial charge in [0.1, 0.15) is 0 Å². The third-order valence-electron chi connectivity index (χ3n) is 2.52. The second-order valence-electron chi connectivity index (χ2n) is 3.87. The number of carbonyl (C=O) groups is 2. The topological polar surface area (TPSA) is 87.1 Å². The van der Waals surface area contributed by atoms with Crippen molar-refractivity contribution in [3.05, 3.63) is 29.8 Å². The van der Waals surface area contributed by atoms with Crippen LogP contribution in [0.1, 0.15) is 10.4 Å². The summed E-state index contributed by atoms with van der Waals surface area (Å²) in [4.78, 5) is 23.8. The molecule has 0 aliphatic rings. The molecular formula is C12H14HgNO5. The molecule has 0 aromatic heterocycles. The summed E-state index contributed by atoms with van der Waals surface area (Å²) in [5.41, 5.74) is 0.215. The molecule has 0 aliphatic carbocycles. The van der Waals surface area contributed by atoms with Gasteiger partial charge in [-0.3, -0.25) is 0 Å². The second-order valence-corrected chi connectivity index (χ2v) is 6.12. The van der Waals surface area contributed by atoms with E-state index >= 15 is 0 Å². The van der Waals surface area contributed by atoms with Gasteiger partial charge < -0.3 is 0 Å². The fourth-order valence-electron chi connectivity index (χ4n) is 1.46. The third kappa shape index (κ3) is 4.47. The first-order valence-corrected chi connectivity index (χ1v) is 9.54. The van der Waals surface area contributed by atoms with Crippen LogP contribution in [0.15, 0.2) is 24.3 Å². The molecule has 6 nitrogen and oxygen atoms in total. The van der Waals surface area contributed by atoms with Crippen molar-refractivity contribution in [1.29, 1.82) is 0 Å². The van der Waals surface area contributed by atoms with Crippen molar-refractivity contribution < 1.29 is 50.7 Å². The maximum absolute atomic E-state index is 12.1. The standard InChI is InChI=1S/C12H14NO5.Hg/c1-8(14)7-13(12(16)17)11(15)9-4-3-5-10(6-9)18-2;/h3-6,8,14H,1,7H2,2H3,(H,16,17);. The van der Waals surface area contributed by atoms with Crippen LogP contribution in [0.3, 0.4) is 0 Å². The molecule has 1 atom stereocenters. The summed E-state index contributed by atoms with van der Waals surface area (Å²) in [6.07, 6.45) is -2.15. The summed E-state index contributed by atoms with van der Waals surface area (Å²) in [7, 11) is 1.46. The molecule has 0 spiro atoms. The Balaban J connectivity index is 2.95. The Morgan fingerprint density at radius 3 is 2.68 bits per heavy atom. The molecule has 0 fully saturated rings. The van der Waals surface area contributed by atoms with Crippen LogP contribution in [0.25, 0.3) is 0 Å². The number of carboxylic acid groups (broad SMARTS) is 1. The van der Waals surface area contributed by atoms with Crippen LogP contribution in [-0.2, 0) is 26.1 Å². The third-order valence-corrected chi connectivity index (χ3v) is 5.11. The fourth-order valence-corrected chi connectivity index (χ4v) is 2.17. The second kappa shape index (κ2) is 7.45. The Hall–Kier alpha value is -1.14. The van der Waals surface area contributed by atoms with Gasteiger partial charge in [0.2, 0.25) is 0 Å². The number of amides is 2. The summed E-state index contributed by atoms with van der Waals surface area (Å²) >= 11 is 0.350. The van der Waals surface area contributed by atoms with E-state index in [0.29, 0.717) is 40.7 Å². The van der Waals surface area contributed by atoms with Crippen LogP contribution >= 0.6 is 0 Å². The SMILES string of the molecule is COc1cccc(C(=O)N(CC(O)[CH2][Hg])C(=O)O)c1. The molecule has 1 aromatic rings. The molecule has 0 heterocycles. The number of hydrogen-bond donors (Lipinski definition) is 2. The van der Waals surface area contributed by atoms with Gasteiger partial charge in [-0.15, -0.1) is 0 Å². The van der Waals surface area contributed by atoms with E-state index in [2.05, 4.69) is 0 Å². The molecule has 0 aliphatic heterocycles. The average molecular weight is 453 g/mol. The van der Waals surface area contributed by atoms with Crippen molar-refractivity contribution in [2.45, 2.75) is 10.0 Å². The van der Waals surface area contributed by atoms with Crippen LogP contribution in [0, 0.1) is 0 Å². The van der Waals surface area contributed by atoms with Crippen molar-refractivity contribution in [3.63, 3.8) is 0 Å². The number of aliphatic hydroxyl groups excluding tert-OH is 1. The van der Waals surface area contributed by atoms with Crippen molar-refractivity contribution in [3.8, 4) is 5.75 Å². The molecule has 1 aromatic carbocycles. The van der Waals surface area contributed by atoms with Gasteiger partial charge >= 0.3 is 127 Å². The molecule has 2 amide bonds. The molecule has 19 heavy (non-hydrogen) atoms. The van der Waals surface area contributed by atoms with Gasteiger partial charge in [-0.05, 0) is 0 Å². The molecule has 2 N–H and O–H groups in total. The van der Waals surface area contributed by atoms with E-state index in [-0.39, 0.29) is 12.1 Å².